The number of piperidine rings is 2. The van der Waals surface area contributed by atoms with Gasteiger partial charge in [0, 0.05) is 98.4 Å². The Bertz CT molecular complexity index is 3080. The van der Waals surface area contributed by atoms with Gasteiger partial charge in [0.05, 0.1) is 22.6 Å². The smallest absolute Gasteiger partial charge is 0.329 e. The number of aryl methyl sites for hydroxylation is 1. The second-order valence-electron chi connectivity index (χ2n) is 21.2. The number of nitrogens with one attached hydrogen (secondary N) is 2. The number of aliphatic hydroxyl groups is 1. The van der Waals surface area contributed by atoms with Crippen molar-refractivity contribution in [2.24, 2.45) is 24.6 Å². The van der Waals surface area contributed by atoms with Crippen LogP contribution in [0.2, 0.25) is 5.02 Å². The Morgan fingerprint density at radius 1 is 0.921 bits per heavy atom. The summed E-state index contributed by atoms with van der Waals surface area (Å²) in [5.74, 6) is -5.12. The quantitative estimate of drug-likeness (QED) is 0.0788. The molecule has 4 aliphatic heterocycles. The molecular weight excluding hydrogens is 1010 g/mol. The lowest BCUT2D eigenvalue weighted by Crippen LogP contribution is -2.49. The number of hydrogen-bond acceptors (Lipinski definition) is 10. The highest BCUT2D eigenvalue weighted by atomic mass is 35.5. The molecule has 3 saturated heterocycles. The number of fused-ring (bicyclic) bond motifs is 2. The van der Waals surface area contributed by atoms with Crippen molar-refractivity contribution >= 4 is 52.1 Å². The van der Waals surface area contributed by atoms with Gasteiger partial charge in [-0.05, 0) is 100 Å². The van der Waals surface area contributed by atoms with Crippen molar-refractivity contribution in [2.75, 3.05) is 57.4 Å². The highest BCUT2D eigenvalue weighted by Crippen LogP contribution is 2.57. The first-order valence-electron chi connectivity index (χ1n) is 26.3. The topological polar surface area (TPSA) is 185 Å². The highest BCUT2D eigenvalue weighted by molar-refractivity contribution is 6.34. The van der Waals surface area contributed by atoms with E-state index in [0.29, 0.717) is 56.8 Å². The lowest BCUT2D eigenvalue weighted by molar-refractivity contribution is -0.138. The van der Waals surface area contributed by atoms with Crippen molar-refractivity contribution in [1.82, 2.24) is 30.2 Å². The van der Waals surface area contributed by atoms with Crippen molar-refractivity contribution < 1.29 is 51.3 Å². The lowest BCUT2D eigenvalue weighted by atomic mass is 9.77. The van der Waals surface area contributed by atoms with Crippen LogP contribution in [0.15, 0.2) is 54.6 Å². The summed E-state index contributed by atoms with van der Waals surface area (Å²) in [6.45, 7) is 6.53. The number of nitrogens with zero attached hydrogens (tertiary/aromatic N) is 5. The van der Waals surface area contributed by atoms with Crippen LogP contribution in [-0.2, 0) is 22.2 Å². The molecule has 1 saturated carbocycles. The third-order valence-electron chi connectivity index (χ3n) is 16.8. The van der Waals surface area contributed by atoms with Crippen molar-refractivity contribution in [1.29, 1.82) is 0 Å². The number of carbonyl (C=O) groups excluding carboxylic acids is 4. The molecule has 4 aromatic carbocycles. The molecule has 5 heterocycles. The van der Waals surface area contributed by atoms with Crippen molar-refractivity contribution in [3.63, 3.8) is 0 Å². The number of urea groups is 1. The van der Waals surface area contributed by atoms with E-state index in [4.69, 9.17) is 26.8 Å². The van der Waals surface area contributed by atoms with Crippen molar-refractivity contribution in [2.45, 2.75) is 101 Å². The zero-order chi connectivity index (χ0) is 53.7. The molecular formula is C56H63ClF4N8O7. The van der Waals surface area contributed by atoms with Crippen molar-refractivity contribution in [3.8, 4) is 22.6 Å². The molecule has 0 unspecified atom stereocenters. The Labute approximate surface area is 443 Å². The van der Waals surface area contributed by atoms with E-state index < -0.39 is 64.3 Å². The van der Waals surface area contributed by atoms with Gasteiger partial charge in [-0.2, -0.15) is 5.10 Å². The van der Waals surface area contributed by atoms with Gasteiger partial charge in [-0.3, -0.25) is 29.3 Å². The average Bonchev–Trinajstić information content (AvgIpc) is 3.93. The highest BCUT2D eigenvalue weighted by Gasteiger charge is 2.50. The van der Waals surface area contributed by atoms with Crippen LogP contribution in [0, 0.1) is 35.1 Å². The molecule has 15 nitrogen and oxygen atoms in total. The van der Waals surface area contributed by atoms with Crippen LogP contribution >= 0.6 is 11.6 Å². The fourth-order valence-corrected chi connectivity index (χ4v) is 13.0. The Hall–Kier alpha value is -6.28. The van der Waals surface area contributed by atoms with E-state index in [-0.39, 0.29) is 106 Å². The van der Waals surface area contributed by atoms with Gasteiger partial charge in [0.25, 0.3) is 0 Å². The largest absolute Gasteiger partial charge is 0.488 e. The first-order valence-corrected chi connectivity index (χ1v) is 26.7. The standard InChI is InChI=1S/C56H63ClF4N8O7/c1-30-25-34(45-39(58)26-38-51(50(45)61)66(3)65-53(38)69-22-18-43(71)64-55(69)74)17-21-68(30)28-32-15-19-67(20-16-32)54(73)33-9-11-36(12-10-33)63-29-56(35-7-5-4-6-8-35)31(2)44-42(76-56)27-40(59)48(57)47(44)46-37(52(62)72)13-14-41(49(46)60)75-24-23-70/h4-8,13-14,26-27,30-34,36,63,70H,9-12,15-25,28-29H2,1-3H3,(H2,62,72)(H,64,71,74)/t30-,31+,33?,34-,36?,56+/m1/s1. The number of ether oxygens (including phenoxy) is 2. The van der Waals surface area contributed by atoms with E-state index in [1.807, 2.05) is 42.2 Å². The maximum absolute atomic E-state index is 16.5. The molecule has 1 aliphatic carbocycles. The van der Waals surface area contributed by atoms with Crippen LogP contribution in [0.3, 0.4) is 0 Å². The van der Waals surface area contributed by atoms with Gasteiger partial charge in [-0.15, -0.1) is 0 Å². The summed E-state index contributed by atoms with van der Waals surface area (Å²) in [6.07, 6.45) is 5.77. The summed E-state index contributed by atoms with van der Waals surface area (Å²) in [6, 6.07) is 13.8. The zero-order valence-electron chi connectivity index (χ0n) is 42.8. The molecule has 4 fully saturated rings. The Morgan fingerprint density at radius 2 is 1.66 bits per heavy atom. The molecule has 5 N–H and O–H groups in total. The van der Waals surface area contributed by atoms with Crippen LogP contribution in [0.25, 0.3) is 22.0 Å². The van der Waals surface area contributed by atoms with Gasteiger partial charge in [-0.1, -0.05) is 48.9 Å². The number of aromatic nitrogens is 2. The molecule has 404 valence electrons. The predicted octanol–water partition coefficient (Wildman–Crippen LogP) is 8.41. The van der Waals surface area contributed by atoms with Gasteiger partial charge in [0.2, 0.25) is 17.7 Å². The number of likely N-dealkylation sites (tertiary alicyclic amines) is 2. The molecule has 0 radical (unpaired) electrons. The zero-order valence-corrected chi connectivity index (χ0v) is 43.5. The SMILES string of the molecule is C[C@@H]1C[C@H](c2c(F)cc3c(N4CCC(=O)NC4=O)nn(C)c3c2F)CCN1CC1CCN(C(=O)C2CCC(NC[C@]3(c4ccccc4)Oc4cc(F)c(Cl)c(-c5c(C(N)=O)ccc(OCCO)c5F)c4[C@@H]3C)CC2)CC1. The second kappa shape index (κ2) is 21.6. The summed E-state index contributed by atoms with van der Waals surface area (Å²) in [5, 5.41) is 19.5. The number of rotatable bonds is 14. The minimum absolute atomic E-state index is 0.0298. The molecule has 5 aromatic rings. The molecule has 5 amide bonds. The second-order valence-corrected chi connectivity index (χ2v) is 21.6. The van der Waals surface area contributed by atoms with E-state index in [0.717, 1.165) is 37.8 Å². The summed E-state index contributed by atoms with van der Waals surface area (Å²) in [5.41, 5.74) is 5.32. The van der Waals surface area contributed by atoms with Crippen molar-refractivity contribution in [3.05, 3.63) is 105 Å². The summed E-state index contributed by atoms with van der Waals surface area (Å²) >= 11 is 6.72. The maximum Gasteiger partial charge on any atom is 0.329 e. The Balaban J connectivity index is 0.747. The van der Waals surface area contributed by atoms with E-state index in [2.05, 4.69) is 27.6 Å². The van der Waals surface area contributed by atoms with Crippen LogP contribution in [0.4, 0.5) is 28.2 Å². The fraction of sp³-hybridized carbons (Fsp3) is 0.482. The summed E-state index contributed by atoms with van der Waals surface area (Å²) < 4.78 is 78.3. The van der Waals surface area contributed by atoms with E-state index in [1.54, 1.807) is 7.05 Å². The first kappa shape index (κ1) is 53.1. The minimum atomic E-state index is -1.13. The summed E-state index contributed by atoms with van der Waals surface area (Å²) in [4.78, 5) is 56.8. The number of halogens is 5. The lowest BCUT2D eigenvalue weighted by Gasteiger charge is -2.42. The number of anilines is 1. The number of aliphatic hydroxyl groups excluding tert-OH is 1. The average molecular weight is 1070 g/mol. The number of imide groups is 1. The predicted molar refractivity (Wildman–Crippen MR) is 277 cm³/mol. The molecule has 4 atom stereocenters. The first-order chi connectivity index (χ1) is 36.5. The third-order valence-corrected chi connectivity index (χ3v) is 17.2. The Kier molecular flexibility index (Phi) is 15.1. The number of primary amides is 1. The van der Waals surface area contributed by atoms with Gasteiger partial charge < -0.3 is 35.4 Å². The van der Waals surface area contributed by atoms with Gasteiger partial charge >= 0.3 is 6.03 Å². The van der Waals surface area contributed by atoms with Crippen LogP contribution in [0.1, 0.15) is 111 Å². The van der Waals surface area contributed by atoms with Crippen LogP contribution in [-0.4, -0.2) is 113 Å². The van der Waals surface area contributed by atoms with Gasteiger partial charge in [0.15, 0.2) is 28.8 Å². The summed E-state index contributed by atoms with van der Waals surface area (Å²) in [7, 11) is 1.56. The maximum atomic E-state index is 16.5. The number of hydrogen-bond donors (Lipinski definition) is 4. The third kappa shape index (κ3) is 9.76. The fourth-order valence-electron chi connectivity index (χ4n) is 12.7. The molecule has 10 rings (SSSR count). The number of amides is 5. The van der Waals surface area contributed by atoms with Gasteiger partial charge in [0.1, 0.15) is 29.5 Å². The molecule has 0 bridgehead atoms. The van der Waals surface area contributed by atoms with E-state index in [9.17, 15) is 24.3 Å². The minimum Gasteiger partial charge on any atom is -0.488 e. The molecule has 1 aromatic heterocycles. The monoisotopic (exact) mass is 1070 g/mol. The molecule has 0 spiro atoms. The molecule has 20 heteroatoms. The number of benzene rings is 4. The molecule has 5 aliphatic rings. The van der Waals surface area contributed by atoms with Crippen LogP contribution in [0.5, 0.6) is 11.5 Å². The van der Waals surface area contributed by atoms with Crippen LogP contribution < -0.4 is 30.7 Å². The number of nitrogens with two attached hydrogens (primary N) is 1. The Morgan fingerprint density at radius 3 is 2.34 bits per heavy atom. The number of carbonyl (C=O) groups is 4. The normalized spacial score (nSPS) is 24.4. The van der Waals surface area contributed by atoms with Gasteiger partial charge in [-0.25, -0.2) is 22.4 Å². The van der Waals surface area contributed by atoms with E-state index >= 15 is 17.6 Å². The van der Waals surface area contributed by atoms with E-state index in [1.165, 1.54) is 33.8 Å². The molecule has 76 heavy (non-hydrogen) atoms.